The van der Waals surface area contributed by atoms with Gasteiger partial charge >= 0.3 is 0 Å². The van der Waals surface area contributed by atoms with Gasteiger partial charge in [-0.15, -0.1) is 11.3 Å². The second kappa shape index (κ2) is 9.68. The molecule has 0 unspecified atom stereocenters. The number of carbonyl (C=O) groups is 2. The SMILES string of the molecule is CCOc1ccc(-n2c(SCC(=O)c3ccc4c(c3)NC(=O)CO4)nc3sc4c(c3c2=O)CCC4)cc1. The lowest BCUT2D eigenvalue weighted by Gasteiger charge is -2.18. The smallest absolute Gasteiger partial charge is 0.267 e. The molecule has 0 bridgehead atoms. The maximum Gasteiger partial charge on any atom is 0.267 e. The average Bonchev–Trinajstić information content (AvgIpc) is 3.49. The number of hydrogen-bond donors (Lipinski definition) is 1. The van der Waals surface area contributed by atoms with Crippen LogP contribution in [0.1, 0.15) is 34.1 Å². The third-order valence-corrected chi connectivity index (χ3v) is 8.51. The van der Waals surface area contributed by atoms with E-state index in [0.717, 1.165) is 35.4 Å². The molecule has 0 atom stereocenters. The lowest BCUT2D eigenvalue weighted by molar-refractivity contribution is -0.118. The van der Waals surface area contributed by atoms with Crippen LogP contribution in [-0.4, -0.2) is 40.2 Å². The summed E-state index contributed by atoms with van der Waals surface area (Å²) in [5.41, 5.74) is 2.60. The number of nitrogens with zero attached hydrogens (tertiary/aromatic N) is 2. The van der Waals surface area contributed by atoms with E-state index in [4.69, 9.17) is 14.5 Å². The molecule has 8 nitrogen and oxygen atoms in total. The molecule has 0 saturated carbocycles. The molecule has 0 radical (unpaired) electrons. The van der Waals surface area contributed by atoms with E-state index in [1.165, 1.54) is 16.6 Å². The number of aryl methyl sites for hydroxylation is 2. The Kier molecular flexibility index (Phi) is 6.21. The van der Waals surface area contributed by atoms with Gasteiger partial charge in [-0.3, -0.25) is 19.0 Å². The molecule has 1 aliphatic heterocycles. The average molecular weight is 534 g/mol. The van der Waals surface area contributed by atoms with E-state index in [1.54, 1.807) is 34.1 Å². The zero-order chi connectivity index (χ0) is 25.5. The highest BCUT2D eigenvalue weighted by molar-refractivity contribution is 7.99. The number of thiophene rings is 1. The molecule has 6 rings (SSSR count). The van der Waals surface area contributed by atoms with Crippen LogP contribution in [0.15, 0.2) is 52.4 Å². The lowest BCUT2D eigenvalue weighted by Crippen LogP contribution is -2.25. The number of carbonyl (C=O) groups excluding carboxylic acids is 2. The maximum absolute atomic E-state index is 13.8. The molecular formula is C27H23N3O5S2. The minimum atomic E-state index is -0.258. The molecule has 188 valence electrons. The van der Waals surface area contributed by atoms with Crippen molar-refractivity contribution in [3.8, 4) is 17.2 Å². The Hall–Kier alpha value is -3.63. The minimum absolute atomic E-state index is 0.0421. The van der Waals surface area contributed by atoms with Crippen molar-refractivity contribution in [2.75, 3.05) is 24.3 Å². The predicted molar refractivity (Wildman–Crippen MR) is 144 cm³/mol. The summed E-state index contributed by atoms with van der Waals surface area (Å²) in [5, 5.41) is 3.88. The van der Waals surface area contributed by atoms with Gasteiger partial charge in [0.05, 0.1) is 29.1 Å². The molecule has 1 aliphatic carbocycles. The molecular weight excluding hydrogens is 510 g/mol. The number of amides is 1. The first-order chi connectivity index (χ1) is 18.0. The van der Waals surface area contributed by atoms with Crippen molar-refractivity contribution in [1.29, 1.82) is 0 Å². The minimum Gasteiger partial charge on any atom is -0.494 e. The molecule has 1 amide bonds. The fraction of sp³-hybridized carbons (Fsp3) is 0.259. The number of rotatable bonds is 7. The van der Waals surface area contributed by atoms with Crippen molar-refractivity contribution in [3.05, 3.63) is 68.8 Å². The van der Waals surface area contributed by atoms with Crippen molar-refractivity contribution < 1.29 is 19.1 Å². The molecule has 37 heavy (non-hydrogen) atoms. The van der Waals surface area contributed by atoms with Gasteiger partial charge in [0.1, 0.15) is 16.3 Å². The van der Waals surface area contributed by atoms with Gasteiger partial charge in [-0.05, 0) is 74.2 Å². The Morgan fingerprint density at radius 2 is 2.03 bits per heavy atom. The van der Waals surface area contributed by atoms with Gasteiger partial charge in [0.25, 0.3) is 11.5 Å². The zero-order valence-corrected chi connectivity index (χ0v) is 21.7. The van der Waals surface area contributed by atoms with Crippen LogP contribution >= 0.6 is 23.1 Å². The summed E-state index contributed by atoms with van der Waals surface area (Å²) in [4.78, 5) is 45.4. The molecule has 4 aromatic rings. The van der Waals surface area contributed by atoms with Crippen LogP contribution in [0.3, 0.4) is 0 Å². The summed E-state index contributed by atoms with van der Waals surface area (Å²) in [7, 11) is 0. The first kappa shape index (κ1) is 23.7. The molecule has 3 heterocycles. The highest BCUT2D eigenvalue weighted by Crippen LogP contribution is 2.36. The topological polar surface area (TPSA) is 99.5 Å². The summed E-state index contributed by atoms with van der Waals surface area (Å²) < 4.78 is 12.5. The highest BCUT2D eigenvalue weighted by atomic mass is 32.2. The van der Waals surface area contributed by atoms with Gasteiger partial charge in [-0.2, -0.15) is 0 Å². The van der Waals surface area contributed by atoms with Crippen molar-refractivity contribution >= 4 is 50.7 Å². The lowest BCUT2D eigenvalue weighted by atomic mass is 10.1. The number of aromatic nitrogens is 2. The van der Waals surface area contributed by atoms with Crippen molar-refractivity contribution in [1.82, 2.24) is 9.55 Å². The number of fused-ring (bicyclic) bond motifs is 4. The number of thioether (sulfide) groups is 1. The maximum atomic E-state index is 13.8. The Bertz CT molecular complexity index is 1610. The van der Waals surface area contributed by atoms with E-state index >= 15 is 0 Å². The van der Waals surface area contributed by atoms with E-state index in [9.17, 15) is 14.4 Å². The molecule has 0 spiro atoms. The fourth-order valence-electron chi connectivity index (χ4n) is 4.68. The number of ether oxygens (including phenoxy) is 2. The molecule has 10 heteroatoms. The van der Waals surface area contributed by atoms with Crippen LogP contribution in [0, 0.1) is 0 Å². The zero-order valence-electron chi connectivity index (χ0n) is 20.0. The van der Waals surface area contributed by atoms with Crippen molar-refractivity contribution in [2.24, 2.45) is 0 Å². The summed E-state index contributed by atoms with van der Waals surface area (Å²) in [5.74, 6) is 0.928. The number of ketones is 1. The Balaban J connectivity index is 1.35. The van der Waals surface area contributed by atoms with E-state index in [1.807, 2.05) is 31.2 Å². The van der Waals surface area contributed by atoms with Gasteiger partial charge < -0.3 is 14.8 Å². The van der Waals surface area contributed by atoms with Gasteiger partial charge in [-0.25, -0.2) is 4.98 Å². The summed E-state index contributed by atoms with van der Waals surface area (Å²) in [6.45, 7) is 2.43. The first-order valence-electron chi connectivity index (χ1n) is 12.0. The Labute approximate surface area is 220 Å². The standard InChI is InChI=1S/C27H23N3O5S2/c1-2-34-17-9-7-16(8-10-17)30-26(33)24-18-4-3-5-22(18)37-25(24)29-27(30)36-14-20(31)15-6-11-21-19(12-15)28-23(32)13-35-21/h6-12H,2-5,13-14H2,1H3,(H,28,32). The van der Waals surface area contributed by atoms with E-state index in [0.29, 0.717) is 39.8 Å². The first-order valence-corrected chi connectivity index (χ1v) is 13.8. The monoisotopic (exact) mass is 533 g/mol. The van der Waals surface area contributed by atoms with Gasteiger partial charge in [0.2, 0.25) is 0 Å². The van der Waals surface area contributed by atoms with Gasteiger partial charge in [0, 0.05) is 10.4 Å². The quantitative estimate of drug-likeness (QED) is 0.210. The van der Waals surface area contributed by atoms with E-state index in [-0.39, 0.29) is 29.6 Å². The van der Waals surface area contributed by atoms with Gasteiger partial charge in [-0.1, -0.05) is 11.8 Å². The van der Waals surface area contributed by atoms with Crippen LogP contribution in [0.2, 0.25) is 0 Å². The molecule has 0 fully saturated rings. The largest absolute Gasteiger partial charge is 0.494 e. The third-order valence-electron chi connectivity index (χ3n) is 6.38. The van der Waals surface area contributed by atoms with Crippen molar-refractivity contribution in [2.45, 2.75) is 31.3 Å². The Morgan fingerprint density at radius 1 is 1.19 bits per heavy atom. The number of Topliss-reactive ketones (excluding diaryl/α,β-unsaturated/α-hetero) is 1. The number of anilines is 1. The predicted octanol–water partition coefficient (Wildman–Crippen LogP) is 4.64. The van der Waals surface area contributed by atoms with Crippen LogP contribution in [0.4, 0.5) is 5.69 Å². The van der Waals surface area contributed by atoms with Crippen LogP contribution in [0.5, 0.6) is 11.5 Å². The summed E-state index contributed by atoms with van der Waals surface area (Å²) in [6.07, 6.45) is 2.91. The molecule has 1 N–H and O–H groups in total. The Morgan fingerprint density at radius 3 is 2.84 bits per heavy atom. The van der Waals surface area contributed by atoms with E-state index in [2.05, 4.69) is 5.32 Å². The third kappa shape index (κ3) is 4.40. The number of hydrogen-bond acceptors (Lipinski definition) is 8. The second-order valence-electron chi connectivity index (χ2n) is 8.76. The molecule has 2 aromatic heterocycles. The summed E-state index contributed by atoms with van der Waals surface area (Å²) >= 11 is 2.80. The van der Waals surface area contributed by atoms with Crippen molar-refractivity contribution in [3.63, 3.8) is 0 Å². The van der Waals surface area contributed by atoms with Gasteiger partial charge in [0.15, 0.2) is 17.5 Å². The highest BCUT2D eigenvalue weighted by Gasteiger charge is 2.25. The van der Waals surface area contributed by atoms with Crippen LogP contribution in [0.25, 0.3) is 15.9 Å². The fourth-order valence-corrected chi connectivity index (χ4v) is 6.89. The molecule has 2 aliphatic rings. The molecule has 0 saturated heterocycles. The second-order valence-corrected chi connectivity index (χ2v) is 10.8. The van der Waals surface area contributed by atoms with Crippen LogP contribution < -0.4 is 20.3 Å². The summed E-state index contributed by atoms with van der Waals surface area (Å²) in [6, 6.07) is 12.3. The normalized spacial score (nSPS) is 14.1. The van der Waals surface area contributed by atoms with E-state index < -0.39 is 0 Å². The van der Waals surface area contributed by atoms with Crippen LogP contribution in [-0.2, 0) is 17.6 Å². The molecule has 2 aromatic carbocycles. The number of nitrogens with one attached hydrogen (secondary N) is 1. The number of benzene rings is 2.